The highest BCUT2D eigenvalue weighted by molar-refractivity contribution is 4.94. The highest BCUT2D eigenvalue weighted by Crippen LogP contribution is 2.34. The maximum Gasteiger partial charge on any atom is 0.141 e. The molecule has 1 saturated heterocycles. The van der Waals surface area contributed by atoms with Crippen LogP contribution in [-0.4, -0.2) is 58.7 Å². The summed E-state index contributed by atoms with van der Waals surface area (Å²) in [5, 5.41) is 4.40. The van der Waals surface area contributed by atoms with Crippen molar-refractivity contribution in [2.24, 2.45) is 11.8 Å². The summed E-state index contributed by atoms with van der Waals surface area (Å²) in [5.41, 5.74) is 0. The summed E-state index contributed by atoms with van der Waals surface area (Å²) in [6.45, 7) is 8.78. The average Bonchev–Trinajstić information content (AvgIpc) is 3.17. The van der Waals surface area contributed by atoms with Crippen LogP contribution in [0.25, 0.3) is 0 Å². The summed E-state index contributed by atoms with van der Waals surface area (Å²) < 4.78 is 13.6. The summed E-state index contributed by atoms with van der Waals surface area (Å²) in [4.78, 5) is 7.04. The molecule has 2 aliphatic rings. The van der Waals surface area contributed by atoms with E-state index >= 15 is 0 Å². The molecule has 0 unspecified atom stereocenters. The minimum Gasteiger partial charge on any atom is -0.381 e. The van der Waals surface area contributed by atoms with Crippen molar-refractivity contribution in [2.45, 2.75) is 58.3 Å². The first-order valence-electron chi connectivity index (χ1n) is 8.90. The van der Waals surface area contributed by atoms with Gasteiger partial charge in [0.15, 0.2) is 0 Å². The molecule has 23 heavy (non-hydrogen) atoms. The van der Waals surface area contributed by atoms with Crippen LogP contribution in [0.1, 0.15) is 38.9 Å². The first kappa shape index (κ1) is 16.9. The Morgan fingerprint density at radius 1 is 1.39 bits per heavy atom. The Hall–Kier alpha value is -0.980. The van der Waals surface area contributed by atoms with E-state index in [0.29, 0.717) is 24.0 Å². The highest BCUT2D eigenvalue weighted by atomic mass is 16.5. The number of morpholine rings is 1. The lowest BCUT2D eigenvalue weighted by Gasteiger charge is -2.40. The molecule has 1 aromatic heterocycles. The van der Waals surface area contributed by atoms with Crippen LogP contribution >= 0.6 is 0 Å². The molecule has 0 radical (unpaired) electrons. The van der Waals surface area contributed by atoms with Gasteiger partial charge in [0.25, 0.3) is 0 Å². The van der Waals surface area contributed by atoms with Gasteiger partial charge in [0.1, 0.15) is 12.2 Å². The molecule has 0 aromatic carbocycles. The zero-order valence-corrected chi connectivity index (χ0v) is 14.6. The molecule has 3 rings (SSSR count). The molecular formula is C17H30N4O2. The van der Waals surface area contributed by atoms with Gasteiger partial charge in [-0.2, -0.15) is 5.10 Å². The minimum absolute atomic E-state index is 0.373. The van der Waals surface area contributed by atoms with Crippen LogP contribution in [0.3, 0.4) is 0 Å². The standard InChI is InChI=1S/C17H30N4O2/c1-13(2)9-21-17(18-12-19-21)10-20-7-8-23-11-15(20)14-5-4-6-16(14)22-3/h12-16H,4-11H2,1-3H3/t14-,15-,16+/m0/s1. The van der Waals surface area contributed by atoms with Crippen molar-refractivity contribution in [3.63, 3.8) is 0 Å². The third-order valence-electron chi connectivity index (χ3n) is 5.16. The maximum atomic E-state index is 5.79. The smallest absolute Gasteiger partial charge is 0.141 e. The van der Waals surface area contributed by atoms with Crippen molar-refractivity contribution in [3.8, 4) is 0 Å². The second-order valence-corrected chi connectivity index (χ2v) is 7.23. The number of aromatic nitrogens is 3. The van der Waals surface area contributed by atoms with Crippen molar-refractivity contribution < 1.29 is 9.47 Å². The number of methoxy groups -OCH3 is 1. The molecule has 0 spiro atoms. The Bertz CT molecular complexity index is 491. The average molecular weight is 322 g/mol. The van der Waals surface area contributed by atoms with Crippen LogP contribution in [0.5, 0.6) is 0 Å². The largest absolute Gasteiger partial charge is 0.381 e. The number of ether oxygens (including phenoxy) is 2. The summed E-state index contributed by atoms with van der Waals surface area (Å²) in [7, 11) is 1.84. The van der Waals surface area contributed by atoms with Crippen LogP contribution in [0.15, 0.2) is 6.33 Å². The summed E-state index contributed by atoms with van der Waals surface area (Å²) >= 11 is 0. The normalized spacial score (nSPS) is 29.5. The topological polar surface area (TPSA) is 52.4 Å². The van der Waals surface area contributed by atoms with Gasteiger partial charge in [0.2, 0.25) is 0 Å². The summed E-state index contributed by atoms with van der Waals surface area (Å²) in [5.74, 6) is 2.21. The first-order chi connectivity index (χ1) is 11.2. The second-order valence-electron chi connectivity index (χ2n) is 7.23. The molecule has 0 amide bonds. The van der Waals surface area contributed by atoms with E-state index in [1.54, 1.807) is 6.33 Å². The zero-order valence-electron chi connectivity index (χ0n) is 14.6. The van der Waals surface area contributed by atoms with Crippen molar-refractivity contribution in [1.29, 1.82) is 0 Å². The van der Waals surface area contributed by atoms with E-state index in [4.69, 9.17) is 9.47 Å². The number of hydrogen-bond donors (Lipinski definition) is 0. The van der Waals surface area contributed by atoms with Crippen LogP contribution in [-0.2, 0) is 22.6 Å². The lowest BCUT2D eigenvalue weighted by Crippen LogP contribution is -2.51. The van der Waals surface area contributed by atoms with Crippen LogP contribution in [0.2, 0.25) is 0 Å². The second kappa shape index (κ2) is 7.73. The number of nitrogens with zero attached hydrogens (tertiary/aromatic N) is 4. The van der Waals surface area contributed by atoms with Crippen LogP contribution < -0.4 is 0 Å². The van der Waals surface area contributed by atoms with E-state index in [0.717, 1.165) is 38.7 Å². The number of hydrogen-bond acceptors (Lipinski definition) is 5. The van der Waals surface area contributed by atoms with Gasteiger partial charge in [0.05, 0.1) is 25.9 Å². The fourth-order valence-corrected chi connectivity index (χ4v) is 4.03. The fourth-order valence-electron chi connectivity index (χ4n) is 4.03. The van der Waals surface area contributed by atoms with Gasteiger partial charge in [-0.3, -0.25) is 4.90 Å². The minimum atomic E-state index is 0.373. The third kappa shape index (κ3) is 3.92. The molecule has 0 bridgehead atoms. The molecule has 3 atom stereocenters. The fraction of sp³-hybridized carbons (Fsp3) is 0.882. The lowest BCUT2D eigenvalue weighted by atomic mass is 9.94. The summed E-state index contributed by atoms with van der Waals surface area (Å²) in [6.07, 6.45) is 5.73. The molecule has 1 saturated carbocycles. The Balaban J connectivity index is 1.71. The van der Waals surface area contributed by atoms with Gasteiger partial charge >= 0.3 is 0 Å². The molecule has 6 heteroatoms. The molecule has 1 aromatic rings. The van der Waals surface area contributed by atoms with Crippen molar-refractivity contribution in [3.05, 3.63) is 12.2 Å². The molecule has 1 aliphatic heterocycles. The van der Waals surface area contributed by atoms with E-state index in [1.165, 1.54) is 19.3 Å². The Morgan fingerprint density at radius 2 is 2.26 bits per heavy atom. The van der Waals surface area contributed by atoms with E-state index in [9.17, 15) is 0 Å². The van der Waals surface area contributed by atoms with Crippen LogP contribution in [0, 0.1) is 11.8 Å². The highest BCUT2D eigenvalue weighted by Gasteiger charge is 2.38. The van der Waals surface area contributed by atoms with Gasteiger partial charge in [-0.15, -0.1) is 0 Å². The molecular weight excluding hydrogens is 292 g/mol. The van der Waals surface area contributed by atoms with Crippen LogP contribution in [0.4, 0.5) is 0 Å². The summed E-state index contributed by atoms with van der Waals surface area (Å²) in [6, 6.07) is 0.431. The van der Waals surface area contributed by atoms with E-state index in [1.807, 2.05) is 7.11 Å². The van der Waals surface area contributed by atoms with Gasteiger partial charge < -0.3 is 9.47 Å². The molecule has 2 heterocycles. The quantitative estimate of drug-likeness (QED) is 0.801. The van der Waals surface area contributed by atoms with Gasteiger partial charge in [-0.25, -0.2) is 9.67 Å². The predicted octanol–water partition coefficient (Wildman–Crippen LogP) is 1.95. The first-order valence-corrected chi connectivity index (χ1v) is 8.90. The molecule has 0 N–H and O–H groups in total. The Labute approximate surface area is 139 Å². The lowest BCUT2D eigenvalue weighted by molar-refractivity contribution is -0.0620. The Morgan fingerprint density at radius 3 is 3.04 bits per heavy atom. The molecule has 6 nitrogen and oxygen atoms in total. The van der Waals surface area contributed by atoms with Crippen molar-refractivity contribution in [1.82, 2.24) is 19.7 Å². The van der Waals surface area contributed by atoms with Gasteiger partial charge in [-0.05, 0) is 18.8 Å². The number of rotatable bonds is 6. The molecule has 2 fully saturated rings. The monoisotopic (exact) mass is 322 g/mol. The van der Waals surface area contributed by atoms with Gasteiger partial charge in [-0.1, -0.05) is 20.3 Å². The van der Waals surface area contributed by atoms with Gasteiger partial charge in [0, 0.05) is 32.2 Å². The van der Waals surface area contributed by atoms with Crippen molar-refractivity contribution in [2.75, 3.05) is 26.9 Å². The SMILES string of the molecule is CO[C@@H]1CCC[C@H]1[C@@H]1COCCN1Cc1ncnn1CC(C)C. The van der Waals surface area contributed by atoms with E-state index in [-0.39, 0.29) is 0 Å². The zero-order chi connectivity index (χ0) is 16.2. The van der Waals surface area contributed by atoms with E-state index < -0.39 is 0 Å². The third-order valence-corrected chi connectivity index (χ3v) is 5.16. The Kier molecular flexibility index (Phi) is 5.67. The predicted molar refractivity (Wildman–Crippen MR) is 88.0 cm³/mol. The van der Waals surface area contributed by atoms with Crippen molar-refractivity contribution >= 4 is 0 Å². The molecule has 130 valence electrons. The van der Waals surface area contributed by atoms with E-state index in [2.05, 4.69) is 33.5 Å². The molecule has 1 aliphatic carbocycles. The maximum absolute atomic E-state index is 5.79.